The SMILES string of the molecule is CC(C)c1ccccc1NC(=O)COC(=O)/C=C/c1ccc(OC(F)F)cc1. The Hall–Kier alpha value is -3.22. The molecular weight excluding hydrogens is 368 g/mol. The van der Waals surface area contributed by atoms with Gasteiger partial charge in [-0.25, -0.2) is 4.79 Å². The van der Waals surface area contributed by atoms with Crippen molar-refractivity contribution in [2.45, 2.75) is 26.4 Å². The summed E-state index contributed by atoms with van der Waals surface area (Å²) in [6, 6.07) is 13.2. The van der Waals surface area contributed by atoms with E-state index in [9.17, 15) is 18.4 Å². The van der Waals surface area contributed by atoms with Crippen molar-refractivity contribution < 1.29 is 27.8 Å². The van der Waals surface area contributed by atoms with Gasteiger partial charge in [0.2, 0.25) is 0 Å². The number of hydrogen-bond acceptors (Lipinski definition) is 4. The van der Waals surface area contributed by atoms with Crippen LogP contribution in [0.2, 0.25) is 0 Å². The van der Waals surface area contributed by atoms with E-state index in [-0.39, 0.29) is 11.7 Å². The van der Waals surface area contributed by atoms with Crippen molar-refractivity contribution in [3.05, 3.63) is 65.7 Å². The van der Waals surface area contributed by atoms with Crippen molar-refractivity contribution in [2.75, 3.05) is 11.9 Å². The summed E-state index contributed by atoms with van der Waals surface area (Å²) in [7, 11) is 0. The third-order valence-corrected chi connectivity index (χ3v) is 3.72. The van der Waals surface area contributed by atoms with Gasteiger partial charge in [0.25, 0.3) is 5.91 Å². The maximum absolute atomic E-state index is 12.1. The summed E-state index contributed by atoms with van der Waals surface area (Å²) in [5, 5.41) is 2.73. The monoisotopic (exact) mass is 389 g/mol. The number of alkyl halides is 2. The van der Waals surface area contributed by atoms with Gasteiger partial charge in [0, 0.05) is 11.8 Å². The summed E-state index contributed by atoms with van der Waals surface area (Å²) >= 11 is 0. The van der Waals surface area contributed by atoms with Crippen LogP contribution in [0.15, 0.2) is 54.6 Å². The number of carbonyl (C=O) groups is 2. The van der Waals surface area contributed by atoms with Crippen molar-refractivity contribution in [3.63, 3.8) is 0 Å². The molecule has 0 bridgehead atoms. The lowest BCUT2D eigenvalue weighted by molar-refractivity contribution is -0.142. The Morgan fingerprint density at radius 3 is 2.39 bits per heavy atom. The Balaban J connectivity index is 1.83. The molecule has 1 N–H and O–H groups in total. The van der Waals surface area contributed by atoms with Gasteiger partial charge in [0.1, 0.15) is 5.75 Å². The summed E-state index contributed by atoms with van der Waals surface area (Å²) in [5.41, 5.74) is 2.26. The van der Waals surface area contributed by atoms with Crippen LogP contribution in [0.3, 0.4) is 0 Å². The number of benzene rings is 2. The smallest absolute Gasteiger partial charge is 0.387 e. The lowest BCUT2D eigenvalue weighted by Gasteiger charge is -2.13. The van der Waals surface area contributed by atoms with E-state index in [4.69, 9.17) is 4.74 Å². The highest BCUT2D eigenvalue weighted by Crippen LogP contribution is 2.23. The third-order valence-electron chi connectivity index (χ3n) is 3.72. The second kappa shape index (κ2) is 10.2. The third kappa shape index (κ3) is 6.83. The topological polar surface area (TPSA) is 64.6 Å². The molecule has 5 nitrogen and oxygen atoms in total. The van der Waals surface area contributed by atoms with E-state index in [1.807, 2.05) is 32.0 Å². The fourth-order valence-corrected chi connectivity index (χ4v) is 2.41. The lowest BCUT2D eigenvalue weighted by atomic mass is 10.0. The van der Waals surface area contributed by atoms with Gasteiger partial charge in [-0.1, -0.05) is 44.2 Å². The number of esters is 1. The molecule has 0 spiro atoms. The molecule has 0 aromatic heterocycles. The number of rotatable bonds is 8. The highest BCUT2D eigenvalue weighted by atomic mass is 19.3. The van der Waals surface area contributed by atoms with E-state index in [0.29, 0.717) is 11.3 Å². The standard InChI is InChI=1S/C21H21F2NO4/c1-14(2)17-5-3-4-6-18(17)24-19(25)13-27-20(26)12-9-15-7-10-16(11-8-15)28-21(22)23/h3-12,14,21H,13H2,1-2H3,(H,24,25)/b12-9+. The van der Waals surface area contributed by atoms with Gasteiger partial charge < -0.3 is 14.8 Å². The van der Waals surface area contributed by atoms with E-state index in [1.54, 1.807) is 6.07 Å². The molecule has 2 rings (SSSR count). The van der Waals surface area contributed by atoms with E-state index >= 15 is 0 Å². The van der Waals surface area contributed by atoms with E-state index in [2.05, 4.69) is 10.1 Å². The lowest BCUT2D eigenvalue weighted by Crippen LogP contribution is -2.21. The van der Waals surface area contributed by atoms with Gasteiger partial charge in [-0.15, -0.1) is 0 Å². The fraction of sp³-hybridized carbons (Fsp3) is 0.238. The first kappa shape index (κ1) is 21.1. The van der Waals surface area contributed by atoms with E-state index < -0.39 is 25.1 Å². The molecule has 2 aromatic carbocycles. The molecule has 0 aliphatic heterocycles. The van der Waals surface area contributed by atoms with Crippen LogP contribution in [0, 0.1) is 0 Å². The van der Waals surface area contributed by atoms with Crippen LogP contribution in [0.4, 0.5) is 14.5 Å². The molecule has 1 amide bonds. The Morgan fingerprint density at radius 2 is 1.75 bits per heavy atom. The predicted molar refractivity (Wildman–Crippen MR) is 102 cm³/mol. The molecule has 0 aliphatic carbocycles. The molecule has 0 aliphatic rings. The molecule has 0 saturated carbocycles. The van der Waals surface area contributed by atoms with Gasteiger partial charge >= 0.3 is 12.6 Å². The zero-order chi connectivity index (χ0) is 20.5. The average Bonchev–Trinajstić information content (AvgIpc) is 2.65. The van der Waals surface area contributed by atoms with Crippen LogP contribution < -0.4 is 10.1 Å². The highest BCUT2D eigenvalue weighted by molar-refractivity contribution is 5.95. The second-order valence-corrected chi connectivity index (χ2v) is 6.18. The largest absolute Gasteiger partial charge is 0.452 e. The molecule has 0 fully saturated rings. The van der Waals surface area contributed by atoms with Crippen LogP contribution in [0.1, 0.15) is 30.9 Å². The maximum Gasteiger partial charge on any atom is 0.387 e. The normalized spacial score (nSPS) is 11.1. The Kier molecular flexibility index (Phi) is 7.68. The first-order valence-corrected chi connectivity index (χ1v) is 8.63. The number of ether oxygens (including phenoxy) is 2. The molecule has 7 heteroatoms. The number of halogens is 2. The van der Waals surface area contributed by atoms with Crippen molar-refractivity contribution in [1.29, 1.82) is 0 Å². The Morgan fingerprint density at radius 1 is 1.07 bits per heavy atom. The van der Waals surface area contributed by atoms with E-state index in [0.717, 1.165) is 11.6 Å². The zero-order valence-corrected chi connectivity index (χ0v) is 15.5. The fourth-order valence-electron chi connectivity index (χ4n) is 2.41. The number of nitrogens with one attached hydrogen (secondary N) is 1. The summed E-state index contributed by atoms with van der Waals surface area (Å²) in [6.45, 7) is 0.718. The number of para-hydroxylation sites is 1. The number of hydrogen-bond donors (Lipinski definition) is 1. The number of carbonyl (C=O) groups excluding carboxylic acids is 2. The van der Waals surface area contributed by atoms with Crippen molar-refractivity contribution in [2.24, 2.45) is 0 Å². The van der Waals surface area contributed by atoms with Gasteiger partial charge in [0.15, 0.2) is 6.61 Å². The van der Waals surface area contributed by atoms with E-state index in [1.165, 1.54) is 30.3 Å². The summed E-state index contributed by atoms with van der Waals surface area (Å²) < 4.78 is 33.3. The molecule has 0 heterocycles. The van der Waals surface area contributed by atoms with Gasteiger partial charge in [-0.2, -0.15) is 8.78 Å². The Bertz CT molecular complexity index is 833. The molecular formula is C21H21F2NO4. The molecule has 2 aromatic rings. The molecule has 0 unspecified atom stereocenters. The molecule has 0 radical (unpaired) electrons. The average molecular weight is 389 g/mol. The van der Waals surface area contributed by atoms with Crippen molar-refractivity contribution in [3.8, 4) is 5.75 Å². The molecule has 0 saturated heterocycles. The maximum atomic E-state index is 12.1. The van der Waals surface area contributed by atoms with Crippen molar-refractivity contribution >= 4 is 23.6 Å². The first-order valence-electron chi connectivity index (χ1n) is 8.63. The predicted octanol–water partition coefficient (Wildman–Crippen LogP) is 4.61. The minimum atomic E-state index is -2.89. The Labute approximate surface area is 162 Å². The zero-order valence-electron chi connectivity index (χ0n) is 15.5. The number of amides is 1. The van der Waals surface area contributed by atoms with Gasteiger partial charge in [-0.3, -0.25) is 4.79 Å². The van der Waals surface area contributed by atoms with Crippen LogP contribution in [-0.2, 0) is 14.3 Å². The van der Waals surface area contributed by atoms with Gasteiger partial charge in [-0.05, 0) is 41.3 Å². The minimum absolute atomic E-state index is 0.0214. The molecule has 28 heavy (non-hydrogen) atoms. The number of anilines is 1. The van der Waals surface area contributed by atoms with Crippen LogP contribution in [-0.4, -0.2) is 25.1 Å². The molecule has 0 atom stereocenters. The first-order chi connectivity index (χ1) is 13.3. The second-order valence-electron chi connectivity index (χ2n) is 6.18. The van der Waals surface area contributed by atoms with Crippen LogP contribution in [0.25, 0.3) is 6.08 Å². The summed E-state index contributed by atoms with van der Waals surface area (Å²) in [6.07, 6.45) is 2.60. The highest BCUT2D eigenvalue weighted by Gasteiger charge is 2.10. The summed E-state index contributed by atoms with van der Waals surface area (Å²) in [5.74, 6) is -0.879. The van der Waals surface area contributed by atoms with Gasteiger partial charge in [0.05, 0.1) is 0 Å². The van der Waals surface area contributed by atoms with Crippen molar-refractivity contribution in [1.82, 2.24) is 0 Å². The molecule has 148 valence electrons. The van der Waals surface area contributed by atoms with Crippen LogP contribution in [0.5, 0.6) is 5.75 Å². The summed E-state index contributed by atoms with van der Waals surface area (Å²) in [4.78, 5) is 23.8. The quantitative estimate of drug-likeness (QED) is 0.529. The minimum Gasteiger partial charge on any atom is -0.452 e. The van der Waals surface area contributed by atoms with Crippen LogP contribution >= 0.6 is 0 Å².